The molecule has 0 heterocycles. The van der Waals surface area contributed by atoms with E-state index in [4.69, 9.17) is 5.73 Å². The molecule has 0 spiro atoms. The maximum Gasteiger partial charge on any atom is 0.239 e. The average molecular weight is 277 g/mol. The van der Waals surface area contributed by atoms with Gasteiger partial charge in [-0.3, -0.25) is 9.59 Å². The van der Waals surface area contributed by atoms with E-state index in [0.717, 1.165) is 6.42 Å². The lowest BCUT2D eigenvalue weighted by Gasteiger charge is -2.25. The van der Waals surface area contributed by atoms with Gasteiger partial charge in [-0.15, -0.1) is 0 Å². The van der Waals surface area contributed by atoms with Crippen LogP contribution in [0, 0.1) is 5.41 Å². The minimum absolute atomic E-state index is 0.0303. The summed E-state index contributed by atoms with van der Waals surface area (Å²) in [5, 5.41) is 5.27. The molecular weight excluding hydrogens is 254 g/mol. The van der Waals surface area contributed by atoms with E-state index in [0.29, 0.717) is 6.54 Å². The second-order valence-electron chi connectivity index (χ2n) is 5.58. The van der Waals surface area contributed by atoms with E-state index >= 15 is 0 Å². The van der Waals surface area contributed by atoms with E-state index in [1.54, 1.807) is 0 Å². The van der Waals surface area contributed by atoms with E-state index in [9.17, 15) is 9.59 Å². The summed E-state index contributed by atoms with van der Waals surface area (Å²) in [7, 11) is 0. The highest BCUT2D eigenvalue weighted by Crippen LogP contribution is 2.20. The molecule has 0 atom stereocenters. The second kappa shape index (κ2) is 7.65. The fourth-order valence-electron chi connectivity index (χ4n) is 1.86. The summed E-state index contributed by atoms with van der Waals surface area (Å²) in [5.41, 5.74) is 6.34. The highest BCUT2D eigenvalue weighted by atomic mass is 16.2. The van der Waals surface area contributed by atoms with E-state index in [2.05, 4.69) is 36.6 Å². The van der Waals surface area contributed by atoms with Gasteiger partial charge in [0.2, 0.25) is 11.8 Å². The Hall–Kier alpha value is -1.88. The summed E-state index contributed by atoms with van der Waals surface area (Å²) in [6.07, 6.45) is 0.878. The molecule has 0 aromatic heterocycles. The van der Waals surface area contributed by atoms with Crippen molar-refractivity contribution in [2.24, 2.45) is 11.1 Å². The van der Waals surface area contributed by atoms with Crippen LogP contribution in [0.2, 0.25) is 0 Å². The van der Waals surface area contributed by atoms with Gasteiger partial charge in [0.15, 0.2) is 0 Å². The van der Waals surface area contributed by atoms with Crippen LogP contribution in [0.15, 0.2) is 30.3 Å². The van der Waals surface area contributed by atoms with Crippen molar-refractivity contribution in [2.75, 3.05) is 19.6 Å². The Kier molecular flexibility index (Phi) is 6.18. The summed E-state index contributed by atoms with van der Waals surface area (Å²) < 4.78 is 0. The lowest BCUT2D eigenvalue weighted by molar-refractivity contribution is -0.125. The molecule has 20 heavy (non-hydrogen) atoms. The van der Waals surface area contributed by atoms with Gasteiger partial charge in [0.1, 0.15) is 0 Å². The molecule has 2 amide bonds. The first-order valence-corrected chi connectivity index (χ1v) is 6.70. The lowest BCUT2D eigenvalue weighted by Crippen LogP contribution is -2.42. The molecule has 110 valence electrons. The molecule has 0 bridgehead atoms. The van der Waals surface area contributed by atoms with Crippen molar-refractivity contribution in [1.82, 2.24) is 10.6 Å². The number of nitrogens with two attached hydrogens (primary N) is 1. The first-order chi connectivity index (χ1) is 9.43. The van der Waals surface area contributed by atoms with Crippen molar-refractivity contribution >= 4 is 11.8 Å². The lowest BCUT2D eigenvalue weighted by atomic mass is 9.85. The summed E-state index contributed by atoms with van der Waals surface area (Å²) in [6, 6.07) is 10.1. The Bertz CT molecular complexity index is 444. The predicted octanol–water partition coefficient (Wildman–Crippen LogP) is 0.446. The van der Waals surface area contributed by atoms with E-state index in [1.807, 2.05) is 18.2 Å². The molecular formula is C15H23N3O2. The molecule has 0 fully saturated rings. The number of rotatable bonds is 7. The van der Waals surface area contributed by atoms with Crippen LogP contribution in [0.5, 0.6) is 0 Å². The smallest absolute Gasteiger partial charge is 0.239 e. The van der Waals surface area contributed by atoms with Gasteiger partial charge in [-0.05, 0) is 17.4 Å². The zero-order chi connectivity index (χ0) is 15.0. The Morgan fingerprint density at radius 3 is 2.35 bits per heavy atom. The van der Waals surface area contributed by atoms with Crippen LogP contribution in [0.3, 0.4) is 0 Å². The third-order valence-electron chi connectivity index (χ3n) is 2.92. The van der Waals surface area contributed by atoms with Crippen molar-refractivity contribution in [3.8, 4) is 0 Å². The van der Waals surface area contributed by atoms with Gasteiger partial charge in [-0.1, -0.05) is 44.2 Å². The minimum Gasteiger partial charge on any atom is -0.354 e. The number of hydrogen-bond donors (Lipinski definition) is 3. The molecule has 0 saturated heterocycles. The molecule has 0 unspecified atom stereocenters. The normalized spacial score (nSPS) is 10.9. The van der Waals surface area contributed by atoms with Crippen molar-refractivity contribution in [3.05, 3.63) is 35.9 Å². The van der Waals surface area contributed by atoms with Gasteiger partial charge in [-0.25, -0.2) is 0 Å². The number of nitrogens with one attached hydrogen (secondary N) is 2. The maximum atomic E-state index is 11.6. The molecule has 1 rings (SSSR count). The summed E-state index contributed by atoms with van der Waals surface area (Å²) >= 11 is 0. The molecule has 0 saturated carbocycles. The number of benzene rings is 1. The van der Waals surface area contributed by atoms with Crippen LogP contribution in [0.25, 0.3) is 0 Å². The zero-order valence-electron chi connectivity index (χ0n) is 12.1. The van der Waals surface area contributed by atoms with Gasteiger partial charge in [-0.2, -0.15) is 0 Å². The Balaban J connectivity index is 2.35. The highest BCUT2D eigenvalue weighted by molar-refractivity contribution is 5.85. The van der Waals surface area contributed by atoms with Gasteiger partial charge in [0.05, 0.1) is 13.1 Å². The standard InChI is InChI=1S/C15H23N3O2/c1-15(2,8-12-6-4-3-5-7-12)11-18-14(20)10-17-13(19)9-16/h3-7H,8-11,16H2,1-2H3,(H,17,19)(H,18,20). The van der Waals surface area contributed by atoms with Crippen LogP contribution in [-0.2, 0) is 16.0 Å². The van der Waals surface area contributed by atoms with E-state index in [-0.39, 0.29) is 30.3 Å². The SMILES string of the molecule is CC(C)(CNC(=O)CNC(=O)CN)Cc1ccccc1. The summed E-state index contributed by atoms with van der Waals surface area (Å²) in [5.74, 6) is -0.531. The maximum absolute atomic E-state index is 11.6. The quantitative estimate of drug-likeness (QED) is 0.676. The van der Waals surface area contributed by atoms with Crippen LogP contribution < -0.4 is 16.4 Å². The van der Waals surface area contributed by atoms with Crippen LogP contribution in [-0.4, -0.2) is 31.4 Å². The molecule has 0 aliphatic carbocycles. The molecule has 0 radical (unpaired) electrons. The van der Waals surface area contributed by atoms with Crippen LogP contribution in [0.4, 0.5) is 0 Å². The Morgan fingerprint density at radius 2 is 1.75 bits per heavy atom. The van der Waals surface area contributed by atoms with Crippen LogP contribution >= 0.6 is 0 Å². The first kappa shape index (κ1) is 16.2. The molecule has 0 aliphatic rings. The van der Waals surface area contributed by atoms with Gasteiger partial charge in [0, 0.05) is 6.54 Å². The van der Waals surface area contributed by atoms with Crippen molar-refractivity contribution in [2.45, 2.75) is 20.3 Å². The summed E-state index contributed by atoms with van der Waals surface area (Å²) in [4.78, 5) is 22.5. The van der Waals surface area contributed by atoms with Gasteiger partial charge >= 0.3 is 0 Å². The number of amides is 2. The van der Waals surface area contributed by atoms with Gasteiger partial charge < -0.3 is 16.4 Å². The van der Waals surface area contributed by atoms with E-state index < -0.39 is 0 Å². The zero-order valence-corrected chi connectivity index (χ0v) is 12.1. The van der Waals surface area contributed by atoms with Crippen molar-refractivity contribution in [1.29, 1.82) is 0 Å². The minimum atomic E-state index is -0.330. The molecule has 0 aliphatic heterocycles. The van der Waals surface area contributed by atoms with Gasteiger partial charge in [0.25, 0.3) is 0 Å². The topological polar surface area (TPSA) is 84.2 Å². The molecule has 5 nitrogen and oxygen atoms in total. The largest absolute Gasteiger partial charge is 0.354 e. The first-order valence-electron chi connectivity index (χ1n) is 6.70. The fraction of sp³-hybridized carbons (Fsp3) is 0.467. The number of hydrogen-bond acceptors (Lipinski definition) is 3. The monoisotopic (exact) mass is 277 g/mol. The average Bonchev–Trinajstić information content (AvgIpc) is 2.43. The molecule has 1 aromatic rings. The van der Waals surface area contributed by atoms with Crippen molar-refractivity contribution < 1.29 is 9.59 Å². The highest BCUT2D eigenvalue weighted by Gasteiger charge is 2.19. The third-order valence-corrected chi connectivity index (χ3v) is 2.92. The second-order valence-corrected chi connectivity index (χ2v) is 5.58. The number of carbonyl (C=O) groups excluding carboxylic acids is 2. The fourth-order valence-corrected chi connectivity index (χ4v) is 1.86. The van der Waals surface area contributed by atoms with Crippen molar-refractivity contribution in [3.63, 3.8) is 0 Å². The molecule has 5 heteroatoms. The molecule has 4 N–H and O–H groups in total. The number of carbonyl (C=O) groups is 2. The Labute approximate surface area is 119 Å². The predicted molar refractivity (Wildman–Crippen MR) is 79.0 cm³/mol. The third kappa shape index (κ3) is 6.33. The van der Waals surface area contributed by atoms with Crippen LogP contribution in [0.1, 0.15) is 19.4 Å². The Morgan fingerprint density at radius 1 is 1.10 bits per heavy atom. The molecule has 1 aromatic carbocycles. The van der Waals surface area contributed by atoms with E-state index in [1.165, 1.54) is 5.56 Å². The summed E-state index contributed by atoms with van der Waals surface area (Å²) in [6.45, 7) is 4.61.